The Kier molecular flexibility index (Phi) is 3.39. The van der Waals surface area contributed by atoms with Gasteiger partial charge in [-0.05, 0) is 52.3 Å². The summed E-state index contributed by atoms with van der Waals surface area (Å²) >= 11 is 3.36. The van der Waals surface area contributed by atoms with Crippen molar-refractivity contribution in [3.05, 3.63) is 62.5 Å². The number of hydrogen-bond donors (Lipinski definition) is 2. The number of carbonyl (C=O) groups is 1. The van der Waals surface area contributed by atoms with Gasteiger partial charge in [-0.15, -0.1) is 0 Å². The molecule has 106 valence electrons. The number of rotatable bonds is 3. The Bertz CT molecular complexity index is 895. The minimum Gasteiger partial charge on any atom is -0.496 e. The molecule has 2 aromatic carbocycles. The van der Waals surface area contributed by atoms with Crippen LogP contribution in [0.5, 0.6) is 5.75 Å². The lowest BCUT2D eigenvalue weighted by molar-refractivity contribution is 0.103. The van der Waals surface area contributed by atoms with Gasteiger partial charge < -0.3 is 14.7 Å². The lowest BCUT2D eigenvalue weighted by Gasteiger charge is -2.06. The van der Waals surface area contributed by atoms with E-state index >= 15 is 0 Å². The predicted octanol–water partition coefficient (Wildman–Crippen LogP) is 2.86. The minimum atomic E-state index is -0.290. The van der Waals surface area contributed by atoms with Crippen molar-refractivity contribution < 1.29 is 9.53 Å². The summed E-state index contributed by atoms with van der Waals surface area (Å²) in [6.07, 6.45) is 0. The van der Waals surface area contributed by atoms with Crippen molar-refractivity contribution in [2.75, 3.05) is 7.11 Å². The third kappa shape index (κ3) is 2.50. The molecule has 2 N–H and O–H groups in total. The zero-order chi connectivity index (χ0) is 15.0. The molecule has 0 unspecified atom stereocenters. The number of fused-ring (bicyclic) bond motifs is 1. The number of H-pyrrole nitrogens is 2. The van der Waals surface area contributed by atoms with Gasteiger partial charge in [-0.1, -0.05) is 0 Å². The van der Waals surface area contributed by atoms with E-state index in [4.69, 9.17) is 4.74 Å². The Morgan fingerprint density at radius 1 is 1.05 bits per heavy atom. The second-order valence-electron chi connectivity index (χ2n) is 4.52. The van der Waals surface area contributed by atoms with E-state index in [1.165, 1.54) is 0 Å². The number of hydrogen-bond acceptors (Lipinski definition) is 3. The fourth-order valence-corrected chi connectivity index (χ4v) is 2.69. The van der Waals surface area contributed by atoms with Gasteiger partial charge in [-0.25, -0.2) is 4.79 Å². The lowest BCUT2D eigenvalue weighted by Crippen LogP contribution is -2.01. The highest BCUT2D eigenvalue weighted by Gasteiger charge is 2.12. The highest BCUT2D eigenvalue weighted by Crippen LogP contribution is 2.26. The van der Waals surface area contributed by atoms with Crippen molar-refractivity contribution in [3.8, 4) is 5.75 Å². The molecule has 3 aromatic rings. The molecule has 0 bridgehead atoms. The van der Waals surface area contributed by atoms with Gasteiger partial charge in [-0.3, -0.25) is 4.79 Å². The molecule has 0 spiro atoms. The molecule has 1 heterocycles. The molecule has 0 saturated carbocycles. The number of ether oxygens (including phenoxy) is 1. The highest BCUT2D eigenvalue weighted by molar-refractivity contribution is 9.10. The van der Waals surface area contributed by atoms with Gasteiger partial charge in [0.25, 0.3) is 0 Å². The van der Waals surface area contributed by atoms with Crippen LogP contribution < -0.4 is 10.4 Å². The summed E-state index contributed by atoms with van der Waals surface area (Å²) in [5.41, 5.74) is 2.04. The van der Waals surface area contributed by atoms with Gasteiger partial charge in [0.2, 0.25) is 0 Å². The van der Waals surface area contributed by atoms with E-state index in [2.05, 4.69) is 25.9 Å². The number of carbonyl (C=O) groups excluding carboxylic acids is 1. The molecular weight excluding hydrogens is 336 g/mol. The smallest absolute Gasteiger partial charge is 0.323 e. The predicted molar refractivity (Wildman–Crippen MR) is 83.0 cm³/mol. The van der Waals surface area contributed by atoms with Crippen LogP contribution in [-0.2, 0) is 0 Å². The first kappa shape index (κ1) is 13.6. The Hall–Kier alpha value is -2.34. The maximum absolute atomic E-state index is 12.5. The van der Waals surface area contributed by atoms with Crippen molar-refractivity contribution in [1.82, 2.24) is 9.97 Å². The van der Waals surface area contributed by atoms with E-state index < -0.39 is 0 Å². The summed E-state index contributed by atoms with van der Waals surface area (Å²) in [5, 5.41) is 0. The Morgan fingerprint density at radius 2 is 1.71 bits per heavy atom. The fourth-order valence-electron chi connectivity index (χ4n) is 2.15. The van der Waals surface area contributed by atoms with E-state index in [0.717, 1.165) is 0 Å². The SMILES string of the molecule is COc1ccc(C(=O)c2ccc3[nH]c(=O)[nH]c3c2)cc1Br. The van der Waals surface area contributed by atoms with Gasteiger partial charge in [0.05, 0.1) is 22.6 Å². The molecule has 0 radical (unpaired) electrons. The summed E-state index contributed by atoms with van der Waals surface area (Å²) in [6.45, 7) is 0. The van der Waals surface area contributed by atoms with Crippen LogP contribution in [0, 0.1) is 0 Å². The molecule has 5 nitrogen and oxygen atoms in total. The molecule has 6 heteroatoms. The highest BCUT2D eigenvalue weighted by atomic mass is 79.9. The van der Waals surface area contributed by atoms with Gasteiger partial charge in [0, 0.05) is 11.1 Å². The van der Waals surface area contributed by atoms with E-state index in [1.54, 1.807) is 43.5 Å². The summed E-state index contributed by atoms with van der Waals surface area (Å²) < 4.78 is 5.86. The Balaban J connectivity index is 2.03. The van der Waals surface area contributed by atoms with E-state index in [1.807, 2.05) is 0 Å². The van der Waals surface area contributed by atoms with Crippen LogP contribution in [0.4, 0.5) is 0 Å². The van der Waals surface area contributed by atoms with Gasteiger partial charge in [-0.2, -0.15) is 0 Å². The first-order valence-corrected chi connectivity index (χ1v) is 6.98. The molecular formula is C15H11BrN2O3. The largest absolute Gasteiger partial charge is 0.496 e. The van der Waals surface area contributed by atoms with E-state index in [0.29, 0.717) is 32.4 Å². The number of methoxy groups -OCH3 is 1. The zero-order valence-electron chi connectivity index (χ0n) is 11.1. The maximum Gasteiger partial charge on any atom is 0.323 e. The molecule has 0 atom stereocenters. The number of benzene rings is 2. The molecule has 1 aromatic heterocycles. The Morgan fingerprint density at radius 3 is 2.43 bits per heavy atom. The molecule has 21 heavy (non-hydrogen) atoms. The third-order valence-corrected chi connectivity index (χ3v) is 3.81. The number of imidazole rings is 1. The van der Waals surface area contributed by atoms with Crippen LogP contribution >= 0.6 is 15.9 Å². The first-order chi connectivity index (χ1) is 10.1. The zero-order valence-corrected chi connectivity index (χ0v) is 12.7. The van der Waals surface area contributed by atoms with Gasteiger partial charge >= 0.3 is 5.69 Å². The fraction of sp³-hybridized carbons (Fsp3) is 0.0667. The summed E-state index contributed by atoms with van der Waals surface area (Å²) in [7, 11) is 1.57. The van der Waals surface area contributed by atoms with Crippen LogP contribution in [0.15, 0.2) is 45.7 Å². The Labute approximate surface area is 128 Å². The third-order valence-electron chi connectivity index (χ3n) is 3.19. The number of aromatic amines is 2. The molecule has 0 aliphatic heterocycles. The quantitative estimate of drug-likeness (QED) is 0.716. The van der Waals surface area contributed by atoms with Crippen molar-refractivity contribution in [3.63, 3.8) is 0 Å². The number of ketones is 1. The van der Waals surface area contributed by atoms with Crippen LogP contribution in [0.3, 0.4) is 0 Å². The minimum absolute atomic E-state index is 0.123. The number of nitrogens with one attached hydrogen (secondary N) is 2. The lowest BCUT2D eigenvalue weighted by atomic mass is 10.0. The maximum atomic E-state index is 12.5. The van der Waals surface area contributed by atoms with Crippen LogP contribution in [0.2, 0.25) is 0 Å². The standard InChI is InChI=1S/C15H11BrN2O3/c1-21-13-5-3-8(6-10(13)16)14(19)9-2-4-11-12(7-9)18-15(20)17-11/h2-7H,1H3,(H2,17,18,20). The normalized spacial score (nSPS) is 10.8. The molecule has 0 fully saturated rings. The molecule has 0 saturated heterocycles. The summed E-state index contributed by atoms with van der Waals surface area (Å²) in [6, 6.07) is 10.2. The van der Waals surface area contributed by atoms with Crippen molar-refractivity contribution in [2.45, 2.75) is 0 Å². The van der Waals surface area contributed by atoms with E-state index in [9.17, 15) is 9.59 Å². The monoisotopic (exact) mass is 346 g/mol. The average Bonchev–Trinajstić information content (AvgIpc) is 2.85. The van der Waals surface area contributed by atoms with Crippen LogP contribution in [0.25, 0.3) is 11.0 Å². The van der Waals surface area contributed by atoms with Crippen molar-refractivity contribution in [2.24, 2.45) is 0 Å². The number of halogens is 1. The molecule has 0 aliphatic carbocycles. The second-order valence-corrected chi connectivity index (χ2v) is 5.37. The van der Waals surface area contributed by atoms with Crippen LogP contribution in [-0.4, -0.2) is 22.9 Å². The average molecular weight is 347 g/mol. The van der Waals surface area contributed by atoms with Crippen molar-refractivity contribution >= 4 is 32.7 Å². The van der Waals surface area contributed by atoms with Gasteiger partial charge in [0.15, 0.2) is 5.78 Å². The molecule has 3 rings (SSSR count). The topological polar surface area (TPSA) is 75.0 Å². The molecule has 0 amide bonds. The summed E-state index contributed by atoms with van der Waals surface area (Å²) in [5.74, 6) is 0.541. The van der Waals surface area contributed by atoms with Gasteiger partial charge in [0.1, 0.15) is 5.75 Å². The molecule has 0 aliphatic rings. The first-order valence-electron chi connectivity index (χ1n) is 6.19. The second kappa shape index (κ2) is 5.21. The van der Waals surface area contributed by atoms with E-state index in [-0.39, 0.29) is 11.5 Å². The van der Waals surface area contributed by atoms with Crippen molar-refractivity contribution in [1.29, 1.82) is 0 Å². The summed E-state index contributed by atoms with van der Waals surface area (Å²) in [4.78, 5) is 29.0. The number of aromatic nitrogens is 2. The van der Waals surface area contributed by atoms with Crippen LogP contribution in [0.1, 0.15) is 15.9 Å².